The molecule has 1 saturated heterocycles. The van der Waals surface area contributed by atoms with Gasteiger partial charge in [-0.1, -0.05) is 12.1 Å². The zero-order chi connectivity index (χ0) is 13.2. The van der Waals surface area contributed by atoms with Crippen LogP contribution < -0.4 is 0 Å². The van der Waals surface area contributed by atoms with Gasteiger partial charge in [-0.15, -0.1) is 0 Å². The van der Waals surface area contributed by atoms with Gasteiger partial charge in [0.2, 0.25) is 0 Å². The zero-order valence-corrected chi connectivity index (χ0v) is 10.8. The van der Waals surface area contributed by atoms with E-state index in [1.807, 2.05) is 4.90 Å². The summed E-state index contributed by atoms with van der Waals surface area (Å²) in [6.45, 7) is 2.18. The molecule has 102 valence electrons. The van der Waals surface area contributed by atoms with Crippen molar-refractivity contribution in [3.63, 3.8) is 0 Å². The molecule has 0 spiro atoms. The van der Waals surface area contributed by atoms with Gasteiger partial charge in [-0.05, 0) is 31.4 Å². The normalized spacial score (nSPS) is 22.5. The average Bonchev–Trinajstić information content (AvgIpc) is 3.13. The molecule has 2 aliphatic rings. The van der Waals surface area contributed by atoms with E-state index in [-0.39, 0.29) is 11.5 Å². The Hall–Kier alpha value is -1.42. The summed E-state index contributed by atoms with van der Waals surface area (Å²) in [7, 11) is 0. The maximum atomic E-state index is 13.7. The minimum atomic E-state index is -0.430. The van der Waals surface area contributed by atoms with Crippen LogP contribution in [0.1, 0.15) is 29.6 Å². The Morgan fingerprint density at radius 1 is 1.32 bits per heavy atom. The van der Waals surface area contributed by atoms with Crippen molar-refractivity contribution < 1.29 is 13.9 Å². The summed E-state index contributed by atoms with van der Waals surface area (Å²) in [4.78, 5) is 14.3. The van der Waals surface area contributed by atoms with Gasteiger partial charge in [0.05, 0.1) is 12.2 Å². The van der Waals surface area contributed by atoms with Crippen LogP contribution in [0.2, 0.25) is 0 Å². The van der Waals surface area contributed by atoms with Crippen molar-refractivity contribution in [2.75, 3.05) is 19.8 Å². The molecule has 3 rings (SSSR count). The Morgan fingerprint density at radius 2 is 2.11 bits per heavy atom. The van der Waals surface area contributed by atoms with Gasteiger partial charge in [0.15, 0.2) is 0 Å². The van der Waals surface area contributed by atoms with Gasteiger partial charge in [0.25, 0.3) is 5.91 Å². The molecular weight excluding hydrogens is 245 g/mol. The van der Waals surface area contributed by atoms with E-state index in [1.165, 1.54) is 6.07 Å². The second kappa shape index (κ2) is 5.29. The largest absolute Gasteiger partial charge is 0.381 e. The van der Waals surface area contributed by atoms with Crippen LogP contribution in [0.25, 0.3) is 0 Å². The van der Waals surface area contributed by atoms with E-state index < -0.39 is 5.82 Å². The molecule has 1 aromatic rings. The Morgan fingerprint density at radius 3 is 2.74 bits per heavy atom. The van der Waals surface area contributed by atoms with Crippen LogP contribution in [0.15, 0.2) is 24.3 Å². The van der Waals surface area contributed by atoms with Gasteiger partial charge < -0.3 is 9.64 Å². The number of hydrogen-bond acceptors (Lipinski definition) is 2. The first kappa shape index (κ1) is 12.6. The smallest absolute Gasteiger partial charge is 0.257 e. The van der Waals surface area contributed by atoms with E-state index in [4.69, 9.17) is 4.74 Å². The maximum Gasteiger partial charge on any atom is 0.257 e. The van der Waals surface area contributed by atoms with E-state index in [1.54, 1.807) is 18.2 Å². The first-order valence-electron chi connectivity index (χ1n) is 6.89. The van der Waals surface area contributed by atoms with E-state index in [0.29, 0.717) is 25.1 Å². The van der Waals surface area contributed by atoms with Crippen LogP contribution >= 0.6 is 0 Å². The highest BCUT2D eigenvalue weighted by molar-refractivity contribution is 5.94. The Bertz CT molecular complexity index is 467. The second-order valence-corrected chi connectivity index (χ2v) is 5.40. The maximum absolute atomic E-state index is 13.7. The summed E-state index contributed by atoms with van der Waals surface area (Å²) < 4.78 is 19.1. The third kappa shape index (κ3) is 2.78. The molecule has 1 heterocycles. The second-order valence-electron chi connectivity index (χ2n) is 5.40. The number of hydrogen-bond donors (Lipinski definition) is 0. The molecule has 0 radical (unpaired) electrons. The molecule has 0 bridgehead atoms. The zero-order valence-electron chi connectivity index (χ0n) is 10.8. The summed E-state index contributed by atoms with van der Waals surface area (Å²) >= 11 is 0. The number of benzene rings is 1. The Balaban J connectivity index is 1.76. The standard InChI is InChI=1S/C15H18FNO2/c16-14-4-2-1-3-13(14)15(18)17(12-5-6-12)9-11-7-8-19-10-11/h1-4,11-12H,5-10H2/t11-/m1/s1. The number of ether oxygens (including phenoxy) is 1. The lowest BCUT2D eigenvalue weighted by Crippen LogP contribution is -2.37. The lowest BCUT2D eigenvalue weighted by Gasteiger charge is -2.25. The fraction of sp³-hybridized carbons (Fsp3) is 0.533. The number of carbonyl (C=O) groups is 1. The summed E-state index contributed by atoms with van der Waals surface area (Å²) in [6, 6.07) is 6.53. The first-order chi connectivity index (χ1) is 9.25. The molecule has 1 amide bonds. The molecule has 1 aliphatic heterocycles. The minimum absolute atomic E-state index is 0.174. The lowest BCUT2D eigenvalue weighted by molar-refractivity contribution is 0.0701. The highest BCUT2D eigenvalue weighted by Gasteiger charge is 2.35. The molecule has 0 N–H and O–H groups in total. The molecule has 2 fully saturated rings. The minimum Gasteiger partial charge on any atom is -0.381 e. The fourth-order valence-electron chi connectivity index (χ4n) is 2.58. The van der Waals surface area contributed by atoms with Crippen molar-refractivity contribution in [3.8, 4) is 0 Å². The van der Waals surface area contributed by atoms with Crippen LogP contribution in [0.4, 0.5) is 4.39 Å². The fourth-order valence-corrected chi connectivity index (χ4v) is 2.58. The monoisotopic (exact) mass is 263 g/mol. The number of nitrogens with zero attached hydrogens (tertiary/aromatic N) is 1. The van der Waals surface area contributed by atoms with Crippen LogP contribution in [-0.4, -0.2) is 36.6 Å². The van der Waals surface area contributed by atoms with Gasteiger partial charge in [0, 0.05) is 25.1 Å². The quantitative estimate of drug-likeness (QED) is 0.835. The lowest BCUT2D eigenvalue weighted by atomic mass is 10.1. The topological polar surface area (TPSA) is 29.5 Å². The number of amides is 1. The van der Waals surface area contributed by atoms with Crippen molar-refractivity contribution in [1.82, 2.24) is 4.90 Å². The summed E-state index contributed by atoms with van der Waals surface area (Å²) in [5, 5.41) is 0. The molecule has 0 aromatic heterocycles. The van der Waals surface area contributed by atoms with Gasteiger partial charge in [-0.25, -0.2) is 4.39 Å². The van der Waals surface area contributed by atoms with E-state index in [9.17, 15) is 9.18 Å². The van der Waals surface area contributed by atoms with Crippen LogP contribution in [0.3, 0.4) is 0 Å². The third-order valence-corrected chi connectivity index (χ3v) is 3.83. The molecule has 4 heteroatoms. The Labute approximate surface area is 112 Å². The predicted octanol–water partition coefficient (Wildman–Crippen LogP) is 2.47. The number of halogens is 1. The molecule has 0 unspecified atom stereocenters. The average molecular weight is 263 g/mol. The van der Waals surface area contributed by atoms with Crippen molar-refractivity contribution >= 4 is 5.91 Å². The van der Waals surface area contributed by atoms with E-state index in [2.05, 4.69) is 0 Å². The van der Waals surface area contributed by atoms with Crippen LogP contribution in [0, 0.1) is 11.7 Å². The van der Waals surface area contributed by atoms with E-state index in [0.717, 1.165) is 25.9 Å². The molecule has 1 aromatic carbocycles. The van der Waals surface area contributed by atoms with Crippen LogP contribution in [0.5, 0.6) is 0 Å². The molecular formula is C15H18FNO2. The SMILES string of the molecule is O=C(c1ccccc1F)N(C[C@H]1CCOC1)C1CC1. The molecule has 1 saturated carbocycles. The van der Waals surface area contributed by atoms with Gasteiger partial charge in [-0.3, -0.25) is 4.79 Å². The van der Waals surface area contributed by atoms with Crippen molar-refractivity contribution in [2.24, 2.45) is 5.92 Å². The summed E-state index contributed by atoms with van der Waals surface area (Å²) in [5.41, 5.74) is 0.188. The third-order valence-electron chi connectivity index (χ3n) is 3.83. The highest BCUT2D eigenvalue weighted by atomic mass is 19.1. The van der Waals surface area contributed by atoms with Gasteiger partial charge in [-0.2, -0.15) is 0 Å². The van der Waals surface area contributed by atoms with Crippen molar-refractivity contribution in [1.29, 1.82) is 0 Å². The summed E-state index contributed by atoms with van der Waals surface area (Å²) in [6.07, 6.45) is 3.06. The molecule has 3 nitrogen and oxygen atoms in total. The first-order valence-corrected chi connectivity index (χ1v) is 6.89. The summed E-state index contributed by atoms with van der Waals surface area (Å²) in [5.74, 6) is -0.204. The highest BCUT2D eigenvalue weighted by Crippen LogP contribution is 2.30. The van der Waals surface area contributed by atoms with E-state index >= 15 is 0 Å². The molecule has 19 heavy (non-hydrogen) atoms. The number of rotatable bonds is 4. The van der Waals surface area contributed by atoms with Gasteiger partial charge in [0.1, 0.15) is 5.82 Å². The van der Waals surface area contributed by atoms with Gasteiger partial charge >= 0.3 is 0 Å². The molecule has 1 aliphatic carbocycles. The predicted molar refractivity (Wildman–Crippen MR) is 69.4 cm³/mol. The van der Waals surface area contributed by atoms with Crippen molar-refractivity contribution in [2.45, 2.75) is 25.3 Å². The molecule has 1 atom stereocenters. The van der Waals surface area contributed by atoms with Crippen molar-refractivity contribution in [3.05, 3.63) is 35.6 Å². The Kier molecular flexibility index (Phi) is 3.51. The number of carbonyl (C=O) groups excluding carboxylic acids is 1. The van der Waals surface area contributed by atoms with Crippen LogP contribution in [-0.2, 0) is 4.74 Å².